The summed E-state index contributed by atoms with van der Waals surface area (Å²) in [5, 5.41) is 12.4. The summed E-state index contributed by atoms with van der Waals surface area (Å²) in [4.78, 5) is 2.34. The van der Waals surface area contributed by atoms with Gasteiger partial charge in [-0.25, -0.2) is 0 Å². The van der Waals surface area contributed by atoms with Crippen LogP contribution < -0.4 is 5.32 Å². The van der Waals surface area contributed by atoms with E-state index in [1.165, 1.54) is 12.8 Å². The molecule has 17 heavy (non-hydrogen) atoms. The lowest BCUT2D eigenvalue weighted by molar-refractivity contribution is 0.159. The Bertz CT molecular complexity index is 185. The third kappa shape index (κ3) is 8.58. The second-order valence-electron chi connectivity index (χ2n) is 5.91. The Labute approximate surface area is 108 Å². The fourth-order valence-corrected chi connectivity index (χ4v) is 2.35. The van der Waals surface area contributed by atoms with Gasteiger partial charge in [0.2, 0.25) is 0 Å². The molecule has 0 aliphatic carbocycles. The zero-order valence-electron chi connectivity index (χ0n) is 12.4. The minimum absolute atomic E-state index is 0.291. The van der Waals surface area contributed by atoms with Crippen molar-refractivity contribution in [3.05, 3.63) is 0 Å². The van der Waals surface area contributed by atoms with E-state index in [1.807, 2.05) is 0 Å². The van der Waals surface area contributed by atoms with Gasteiger partial charge in [-0.3, -0.25) is 0 Å². The molecule has 0 rings (SSSR count). The highest BCUT2D eigenvalue weighted by molar-refractivity contribution is 4.80. The summed E-state index contributed by atoms with van der Waals surface area (Å²) in [5.41, 5.74) is 0.337. The molecule has 1 atom stereocenters. The van der Waals surface area contributed by atoms with E-state index in [4.69, 9.17) is 5.11 Å². The monoisotopic (exact) mass is 244 g/mol. The molecule has 0 bridgehead atoms. The lowest BCUT2D eigenvalue weighted by Crippen LogP contribution is -2.43. The van der Waals surface area contributed by atoms with Crippen LogP contribution in [0.2, 0.25) is 0 Å². The van der Waals surface area contributed by atoms with Crippen molar-refractivity contribution >= 4 is 0 Å². The Morgan fingerprint density at radius 2 is 2.00 bits per heavy atom. The average molecular weight is 244 g/mol. The number of aliphatic hydroxyl groups is 1. The number of aliphatic hydroxyl groups excluding tert-OH is 1. The van der Waals surface area contributed by atoms with Gasteiger partial charge in [0.05, 0.1) is 0 Å². The maximum absolute atomic E-state index is 8.85. The van der Waals surface area contributed by atoms with Gasteiger partial charge in [0.15, 0.2) is 0 Å². The first kappa shape index (κ1) is 16.9. The molecule has 0 aromatic heterocycles. The topological polar surface area (TPSA) is 35.5 Å². The fourth-order valence-electron chi connectivity index (χ4n) is 2.35. The summed E-state index contributed by atoms with van der Waals surface area (Å²) in [6.45, 7) is 12.4. The van der Waals surface area contributed by atoms with Gasteiger partial charge < -0.3 is 15.3 Å². The number of nitrogens with one attached hydrogen (secondary N) is 1. The number of nitrogens with zero attached hydrogens (tertiary/aromatic N) is 1. The van der Waals surface area contributed by atoms with Crippen LogP contribution in [0.5, 0.6) is 0 Å². The second-order valence-corrected chi connectivity index (χ2v) is 5.91. The molecule has 0 aliphatic rings. The van der Waals surface area contributed by atoms with Crippen molar-refractivity contribution in [3.63, 3.8) is 0 Å². The summed E-state index contributed by atoms with van der Waals surface area (Å²) in [5.74, 6) is 0. The first-order chi connectivity index (χ1) is 7.93. The Morgan fingerprint density at radius 3 is 2.47 bits per heavy atom. The maximum atomic E-state index is 8.85. The minimum Gasteiger partial charge on any atom is -0.396 e. The predicted molar refractivity (Wildman–Crippen MR) is 75.4 cm³/mol. The van der Waals surface area contributed by atoms with E-state index in [0.717, 1.165) is 26.1 Å². The standard InChI is InChI=1S/C14H32N2O/c1-6-8-14(4,11-15-13(2)3)12-16(5)9-7-10-17/h13,15,17H,6-12H2,1-5H3. The summed E-state index contributed by atoms with van der Waals surface area (Å²) in [6.07, 6.45) is 3.34. The third-order valence-corrected chi connectivity index (χ3v) is 3.14. The molecule has 1 unspecified atom stereocenters. The van der Waals surface area contributed by atoms with E-state index in [1.54, 1.807) is 0 Å². The third-order valence-electron chi connectivity index (χ3n) is 3.14. The largest absolute Gasteiger partial charge is 0.396 e. The van der Waals surface area contributed by atoms with Crippen LogP contribution in [0, 0.1) is 5.41 Å². The second kappa shape index (κ2) is 8.90. The first-order valence-electron chi connectivity index (χ1n) is 6.96. The molecule has 0 aliphatic heterocycles. The maximum Gasteiger partial charge on any atom is 0.0443 e. The van der Waals surface area contributed by atoms with Crippen molar-refractivity contribution in [1.82, 2.24) is 10.2 Å². The van der Waals surface area contributed by atoms with E-state index >= 15 is 0 Å². The molecule has 0 saturated carbocycles. The van der Waals surface area contributed by atoms with Gasteiger partial charge in [-0.05, 0) is 25.3 Å². The Morgan fingerprint density at radius 1 is 1.35 bits per heavy atom. The van der Waals surface area contributed by atoms with E-state index in [0.29, 0.717) is 18.1 Å². The van der Waals surface area contributed by atoms with Crippen LogP contribution >= 0.6 is 0 Å². The van der Waals surface area contributed by atoms with E-state index in [9.17, 15) is 0 Å². The zero-order chi connectivity index (χ0) is 13.3. The van der Waals surface area contributed by atoms with Crippen LogP contribution in [0.4, 0.5) is 0 Å². The van der Waals surface area contributed by atoms with Gasteiger partial charge in [0.25, 0.3) is 0 Å². The van der Waals surface area contributed by atoms with E-state index in [-0.39, 0.29) is 0 Å². The highest BCUT2D eigenvalue weighted by Crippen LogP contribution is 2.23. The highest BCUT2D eigenvalue weighted by Gasteiger charge is 2.24. The number of rotatable bonds is 10. The van der Waals surface area contributed by atoms with Crippen LogP contribution in [0.15, 0.2) is 0 Å². The van der Waals surface area contributed by atoms with Gasteiger partial charge in [0.1, 0.15) is 0 Å². The normalized spacial score (nSPS) is 15.5. The zero-order valence-corrected chi connectivity index (χ0v) is 12.4. The number of hydrogen-bond donors (Lipinski definition) is 2. The quantitative estimate of drug-likeness (QED) is 0.618. The fraction of sp³-hybridized carbons (Fsp3) is 1.00. The van der Waals surface area contributed by atoms with Crippen molar-refractivity contribution in [2.75, 3.05) is 33.3 Å². The molecule has 3 nitrogen and oxygen atoms in total. The van der Waals surface area contributed by atoms with E-state index in [2.05, 4.69) is 45.0 Å². The first-order valence-corrected chi connectivity index (χ1v) is 6.96. The van der Waals surface area contributed by atoms with Gasteiger partial charge in [-0.15, -0.1) is 0 Å². The van der Waals surface area contributed by atoms with Crippen LogP contribution in [-0.2, 0) is 0 Å². The van der Waals surface area contributed by atoms with Crippen molar-refractivity contribution < 1.29 is 5.11 Å². The summed E-state index contributed by atoms with van der Waals surface area (Å²) >= 11 is 0. The molecule has 0 amide bonds. The van der Waals surface area contributed by atoms with Crippen molar-refractivity contribution in [1.29, 1.82) is 0 Å². The molecule has 3 heteroatoms. The minimum atomic E-state index is 0.291. The number of hydrogen-bond acceptors (Lipinski definition) is 3. The van der Waals surface area contributed by atoms with E-state index < -0.39 is 0 Å². The van der Waals surface area contributed by atoms with Crippen LogP contribution in [0.1, 0.15) is 47.0 Å². The van der Waals surface area contributed by atoms with Crippen LogP contribution in [0.25, 0.3) is 0 Å². The van der Waals surface area contributed by atoms with Crippen LogP contribution in [-0.4, -0.2) is 49.3 Å². The van der Waals surface area contributed by atoms with Crippen molar-refractivity contribution in [2.24, 2.45) is 5.41 Å². The molecule has 104 valence electrons. The lowest BCUT2D eigenvalue weighted by atomic mass is 9.84. The molecule has 0 aromatic rings. The summed E-state index contributed by atoms with van der Waals surface area (Å²) < 4.78 is 0. The van der Waals surface area contributed by atoms with Crippen molar-refractivity contribution in [2.45, 2.75) is 53.0 Å². The smallest absolute Gasteiger partial charge is 0.0443 e. The van der Waals surface area contributed by atoms with Crippen molar-refractivity contribution in [3.8, 4) is 0 Å². The molecule has 0 saturated heterocycles. The predicted octanol–water partition coefficient (Wildman–Crippen LogP) is 2.11. The summed E-state index contributed by atoms with van der Waals surface area (Å²) in [6, 6.07) is 0.550. The average Bonchev–Trinajstić information content (AvgIpc) is 2.24. The molecule has 0 heterocycles. The van der Waals surface area contributed by atoms with Gasteiger partial charge in [0, 0.05) is 32.3 Å². The highest BCUT2D eigenvalue weighted by atomic mass is 16.3. The van der Waals surface area contributed by atoms with Gasteiger partial charge in [-0.2, -0.15) is 0 Å². The van der Waals surface area contributed by atoms with Gasteiger partial charge in [-0.1, -0.05) is 34.1 Å². The molecular formula is C14H32N2O. The van der Waals surface area contributed by atoms with Gasteiger partial charge >= 0.3 is 0 Å². The SMILES string of the molecule is CCCC(C)(CNC(C)C)CN(C)CCCO. The molecular weight excluding hydrogens is 212 g/mol. The Balaban J connectivity index is 4.17. The Hall–Kier alpha value is -0.120. The Kier molecular flexibility index (Phi) is 8.83. The van der Waals surface area contributed by atoms with Crippen LogP contribution in [0.3, 0.4) is 0 Å². The molecule has 0 aromatic carbocycles. The molecule has 2 N–H and O–H groups in total. The molecule has 0 spiro atoms. The lowest BCUT2D eigenvalue weighted by Gasteiger charge is -2.35. The summed E-state index contributed by atoms with van der Waals surface area (Å²) in [7, 11) is 2.15. The molecule has 0 fully saturated rings. The molecule has 0 radical (unpaired) electrons.